The van der Waals surface area contributed by atoms with Gasteiger partial charge in [0.1, 0.15) is 17.2 Å². The Morgan fingerprint density at radius 1 is 1.41 bits per heavy atom. The van der Waals surface area contributed by atoms with Gasteiger partial charge in [0.25, 0.3) is 5.95 Å². The van der Waals surface area contributed by atoms with E-state index in [2.05, 4.69) is 5.32 Å². The smallest absolute Gasteiger partial charge is 0.294 e. The second kappa shape index (κ2) is 6.80. The molecule has 0 saturated carbocycles. The number of anilines is 1. The van der Waals surface area contributed by atoms with E-state index in [0.717, 1.165) is 5.56 Å². The zero-order chi connectivity index (χ0) is 19.8. The summed E-state index contributed by atoms with van der Waals surface area (Å²) < 4.78 is 11.0. The van der Waals surface area contributed by atoms with Gasteiger partial charge in [-0.1, -0.05) is 24.6 Å². The summed E-state index contributed by atoms with van der Waals surface area (Å²) in [7, 11) is 0. The molecule has 0 bridgehead atoms. The topological polar surface area (TPSA) is 114 Å². The number of Topliss-reactive ketones (excluding diaryl/α,β-unsaturated/α-hetero) is 1. The Bertz CT molecular complexity index is 939. The molecule has 2 aliphatic rings. The lowest BCUT2D eigenvalue weighted by Gasteiger charge is -2.34. The first kappa shape index (κ1) is 18.5. The van der Waals surface area contributed by atoms with Gasteiger partial charge < -0.3 is 20.5 Å². The summed E-state index contributed by atoms with van der Waals surface area (Å²) in [5, 5.41) is 12.6. The Hall–Kier alpha value is -3.27. The van der Waals surface area contributed by atoms with Crippen LogP contribution in [0, 0.1) is 18.3 Å². The highest BCUT2D eigenvalue weighted by Gasteiger charge is 2.60. The third-order valence-electron chi connectivity index (χ3n) is 4.71. The molecule has 0 aromatic heterocycles. The molecule has 3 rings (SSSR count). The number of nitrogens with zero attached hydrogens (tertiary/aromatic N) is 1. The molecule has 140 valence electrons. The van der Waals surface area contributed by atoms with Crippen LogP contribution in [0.2, 0.25) is 0 Å². The fraction of sp³-hybridized carbons (Fsp3) is 0.350. The Morgan fingerprint density at radius 3 is 2.78 bits per heavy atom. The molecule has 0 fully saturated rings. The number of ketones is 1. The molecular formula is C20H21N3O4. The molecule has 0 aliphatic carbocycles. The highest BCUT2D eigenvalue weighted by molar-refractivity contribution is 6.18. The maximum Gasteiger partial charge on any atom is 0.294 e. The monoisotopic (exact) mass is 367 g/mol. The van der Waals surface area contributed by atoms with Crippen LogP contribution in [0.25, 0.3) is 0 Å². The lowest BCUT2D eigenvalue weighted by molar-refractivity contribution is -0.123. The van der Waals surface area contributed by atoms with Crippen molar-refractivity contribution >= 4 is 17.4 Å². The summed E-state index contributed by atoms with van der Waals surface area (Å²) in [4.78, 5) is 26.3. The van der Waals surface area contributed by atoms with E-state index in [1.807, 2.05) is 26.0 Å². The van der Waals surface area contributed by atoms with Crippen LogP contribution in [-0.4, -0.2) is 18.3 Å². The largest absolute Gasteiger partial charge is 0.465 e. The standard InChI is InChI=1S/C20H21N3O4/c1-4-6-15(24)16-18(26-5-2)27-17(22)13(10-21)20(16)12-9-11(3)7-8-14(12)23-19(20)25/h7-9H,4-6,22H2,1-3H3,(H,23,25). The number of aryl methyl sites for hydroxylation is 1. The summed E-state index contributed by atoms with van der Waals surface area (Å²) in [6.07, 6.45) is 0.755. The molecule has 1 amide bonds. The number of nitriles is 1. The van der Waals surface area contributed by atoms with Crippen LogP contribution in [0.4, 0.5) is 5.69 Å². The third kappa shape index (κ3) is 2.56. The summed E-state index contributed by atoms with van der Waals surface area (Å²) in [5.74, 6) is -1.18. The zero-order valence-electron chi connectivity index (χ0n) is 15.5. The minimum absolute atomic E-state index is 0.0267. The third-order valence-corrected chi connectivity index (χ3v) is 4.71. The molecule has 27 heavy (non-hydrogen) atoms. The van der Waals surface area contributed by atoms with E-state index < -0.39 is 11.3 Å². The minimum atomic E-state index is -1.67. The normalized spacial score (nSPS) is 20.9. The van der Waals surface area contributed by atoms with Crippen molar-refractivity contribution < 1.29 is 19.1 Å². The van der Waals surface area contributed by atoms with Gasteiger partial charge in [0, 0.05) is 17.7 Å². The summed E-state index contributed by atoms with van der Waals surface area (Å²) >= 11 is 0. The second-order valence-corrected chi connectivity index (χ2v) is 6.47. The van der Waals surface area contributed by atoms with Crippen LogP contribution >= 0.6 is 0 Å². The number of hydrogen-bond donors (Lipinski definition) is 2. The molecule has 1 aromatic carbocycles. The zero-order valence-corrected chi connectivity index (χ0v) is 15.5. The first-order valence-corrected chi connectivity index (χ1v) is 8.83. The second-order valence-electron chi connectivity index (χ2n) is 6.47. The van der Waals surface area contributed by atoms with Crippen LogP contribution in [0.1, 0.15) is 37.8 Å². The number of amides is 1. The molecule has 0 radical (unpaired) electrons. The van der Waals surface area contributed by atoms with Crippen molar-refractivity contribution in [2.45, 2.75) is 39.0 Å². The highest BCUT2D eigenvalue weighted by atomic mass is 16.7. The highest BCUT2D eigenvalue weighted by Crippen LogP contribution is 2.52. The van der Waals surface area contributed by atoms with Crippen molar-refractivity contribution in [1.29, 1.82) is 5.26 Å². The molecular weight excluding hydrogens is 346 g/mol. The van der Waals surface area contributed by atoms with Gasteiger partial charge in [-0.2, -0.15) is 5.26 Å². The van der Waals surface area contributed by atoms with Crippen LogP contribution in [0.3, 0.4) is 0 Å². The Balaban J connectivity index is 2.42. The number of hydrogen-bond acceptors (Lipinski definition) is 6. The molecule has 1 spiro atoms. The average Bonchev–Trinajstić information content (AvgIpc) is 2.88. The van der Waals surface area contributed by atoms with E-state index in [1.54, 1.807) is 19.1 Å². The summed E-state index contributed by atoms with van der Waals surface area (Å²) in [6.45, 7) is 5.68. The molecule has 2 heterocycles. The Labute approximate surface area is 157 Å². The number of nitrogens with one attached hydrogen (secondary N) is 1. The number of benzene rings is 1. The van der Waals surface area contributed by atoms with Crippen LogP contribution < -0.4 is 11.1 Å². The number of carbonyl (C=O) groups excluding carboxylic acids is 2. The predicted molar refractivity (Wildman–Crippen MR) is 98.0 cm³/mol. The van der Waals surface area contributed by atoms with Gasteiger partial charge in [-0.3, -0.25) is 9.59 Å². The fourth-order valence-electron chi connectivity index (χ4n) is 3.62. The van der Waals surface area contributed by atoms with Crippen molar-refractivity contribution in [3.05, 3.63) is 52.3 Å². The molecule has 3 N–H and O–H groups in total. The van der Waals surface area contributed by atoms with Crippen LogP contribution in [-0.2, 0) is 24.5 Å². The van der Waals surface area contributed by atoms with Gasteiger partial charge in [-0.05, 0) is 26.3 Å². The van der Waals surface area contributed by atoms with E-state index in [9.17, 15) is 14.9 Å². The minimum Gasteiger partial charge on any atom is -0.465 e. The van der Waals surface area contributed by atoms with Gasteiger partial charge in [0.2, 0.25) is 11.8 Å². The predicted octanol–water partition coefficient (Wildman–Crippen LogP) is 2.53. The van der Waals surface area contributed by atoms with Gasteiger partial charge in [-0.15, -0.1) is 0 Å². The number of nitrogens with two attached hydrogens (primary N) is 1. The first-order chi connectivity index (χ1) is 12.9. The van der Waals surface area contributed by atoms with Crippen LogP contribution in [0.5, 0.6) is 0 Å². The van der Waals surface area contributed by atoms with E-state index in [0.29, 0.717) is 17.7 Å². The van der Waals surface area contributed by atoms with Crippen molar-refractivity contribution in [3.63, 3.8) is 0 Å². The Kier molecular flexibility index (Phi) is 4.66. The average molecular weight is 367 g/mol. The van der Waals surface area contributed by atoms with E-state index >= 15 is 0 Å². The molecule has 0 saturated heterocycles. The van der Waals surface area contributed by atoms with Gasteiger partial charge in [0.05, 0.1) is 6.61 Å². The van der Waals surface area contributed by atoms with Crippen molar-refractivity contribution in [3.8, 4) is 6.07 Å². The molecule has 1 atom stereocenters. The quantitative estimate of drug-likeness (QED) is 0.826. The number of rotatable bonds is 5. The fourth-order valence-corrected chi connectivity index (χ4v) is 3.62. The van der Waals surface area contributed by atoms with Gasteiger partial charge in [0.15, 0.2) is 11.2 Å². The lowest BCUT2D eigenvalue weighted by atomic mass is 9.67. The van der Waals surface area contributed by atoms with Crippen LogP contribution in [0.15, 0.2) is 41.2 Å². The molecule has 7 heteroatoms. The van der Waals surface area contributed by atoms with Crippen molar-refractivity contribution in [2.24, 2.45) is 5.73 Å². The van der Waals surface area contributed by atoms with E-state index in [-0.39, 0.29) is 41.8 Å². The SMILES string of the molecule is CCCC(=O)C1=C(OCC)OC(N)=C(C#N)C12C(=O)Nc1ccc(C)cc12. The summed E-state index contributed by atoms with van der Waals surface area (Å²) in [6, 6.07) is 7.37. The molecule has 1 aromatic rings. The number of carbonyl (C=O) groups is 2. The summed E-state index contributed by atoms with van der Waals surface area (Å²) in [5.41, 5.74) is 6.16. The number of fused-ring (bicyclic) bond motifs is 2. The first-order valence-electron chi connectivity index (χ1n) is 8.83. The molecule has 1 unspecified atom stereocenters. The maximum atomic E-state index is 13.3. The van der Waals surface area contributed by atoms with Gasteiger partial charge >= 0.3 is 0 Å². The molecule has 2 aliphatic heterocycles. The Morgan fingerprint density at radius 2 is 2.15 bits per heavy atom. The van der Waals surface area contributed by atoms with E-state index in [4.69, 9.17) is 15.2 Å². The van der Waals surface area contributed by atoms with Gasteiger partial charge in [-0.25, -0.2) is 0 Å². The maximum absolute atomic E-state index is 13.3. The van der Waals surface area contributed by atoms with E-state index in [1.165, 1.54) is 0 Å². The molecule has 7 nitrogen and oxygen atoms in total. The van der Waals surface area contributed by atoms with Crippen molar-refractivity contribution in [2.75, 3.05) is 11.9 Å². The number of ether oxygens (including phenoxy) is 2. The van der Waals surface area contributed by atoms with Crippen molar-refractivity contribution in [1.82, 2.24) is 0 Å². The lowest BCUT2D eigenvalue weighted by Crippen LogP contribution is -2.45.